The molecular weight excluding hydrogens is 652 g/mol. The molecule has 1 aliphatic rings. The Hall–Kier alpha value is -3.44. The van der Waals surface area contributed by atoms with Crippen LogP contribution in [0.25, 0.3) is 10.6 Å². The van der Waals surface area contributed by atoms with E-state index in [1.54, 1.807) is 33.8 Å². The number of nitrogens with one attached hydrogen (secondary N) is 2. The molecule has 3 heterocycles. The summed E-state index contributed by atoms with van der Waals surface area (Å²) >= 11 is 7.50. The van der Waals surface area contributed by atoms with Crippen molar-refractivity contribution in [2.45, 2.75) is 58.1 Å². The van der Waals surface area contributed by atoms with Gasteiger partial charge in [-0.15, -0.1) is 11.3 Å². The van der Waals surface area contributed by atoms with Crippen LogP contribution in [0.4, 0.5) is 34.0 Å². The second-order valence-corrected chi connectivity index (χ2v) is 14.2. The maximum absolute atomic E-state index is 14.5. The fourth-order valence-corrected chi connectivity index (χ4v) is 6.20. The molecule has 11 nitrogen and oxygen atoms in total. The predicted molar refractivity (Wildman–Crippen MR) is 158 cm³/mol. The number of nitrogens with zero attached hydrogens (tertiary/aromatic N) is 4. The zero-order chi connectivity index (χ0) is 32.4. The zero-order valence-electron chi connectivity index (χ0n) is 23.9. The third-order valence-electron chi connectivity index (χ3n) is 5.74. The highest BCUT2D eigenvalue weighted by atomic mass is 35.5. The normalized spacial score (nSPS) is 17.7. The van der Waals surface area contributed by atoms with Gasteiger partial charge in [0.1, 0.15) is 22.4 Å². The lowest BCUT2D eigenvalue weighted by Crippen LogP contribution is -2.51. The van der Waals surface area contributed by atoms with Crippen LogP contribution in [0.2, 0.25) is 5.02 Å². The summed E-state index contributed by atoms with van der Waals surface area (Å²) in [5, 5.41) is 3.59. The Kier molecular flexibility index (Phi) is 9.80. The topological polar surface area (TPSA) is 136 Å². The molecule has 1 aliphatic heterocycles. The van der Waals surface area contributed by atoms with Gasteiger partial charge in [-0.05, 0) is 52.0 Å². The number of aryl methyl sites for hydroxylation is 1. The molecule has 1 fully saturated rings. The van der Waals surface area contributed by atoms with E-state index in [-0.39, 0.29) is 47.8 Å². The molecule has 4 rings (SSSR count). The monoisotopic (exact) mass is 680 g/mol. The second kappa shape index (κ2) is 12.9. The van der Waals surface area contributed by atoms with Crippen molar-refractivity contribution in [2.24, 2.45) is 0 Å². The standard InChI is InChI=1S/C26H29ClF4N6O5S2/c1-14-33-22(41-20-6-5-16(10-18(20)27)36-44(39,40)13-26(29,30)31)21(43-14)19-7-8-32-23(35-19)34-17-9-15(28)11-37(12-17)24(38)42-25(2,3)4/h5-8,10,15,17,36H,9,11-13H2,1-4H3,(H,32,34,35)/t15-,17-/m0/s1. The summed E-state index contributed by atoms with van der Waals surface area (Å²) in [6.45, 7) is 7.01. The quantitative estimate of drug-likeness (QED) is 0.259. The number of likely N-dealkylation sites (tertiary alicyclic amines) is 1. The van der Waals surface area contributed by atoms with E-state index < -0.39 is 45.9 Å². The number of carbonyl (C=O) groups excluding carboxylic acids is 1. The average molecular weight is 681 g/mol. The molecule has 2 atom stereocenters. The fourth-order valence-electron chi connectivity index (χ4n) is 4.18. The van der Waals surface area contributed by atoms with Crippen LogP contribution >= 0.6 is 22.9 Å². The number of benzene rings is 1. The Bertz CT molecular complexity index is 1620. The maximum atomic E-state index is 14.5. The first-order valence-corrected chi connectivity index (χ1v) is 15.9. The number of carbonyl (C=O) groups is 1. The number of alkyl halides is 4. The fraction of sp³-hybridized carbons (Fsp3) is 0.462. The van der Waals surface area contributed by atoms with Gasteiger partial charge in [0.15, 0.2) is 5.75 Å². The van der Waals surface area contributed by atoms with Gasteiger partial charge in [0.2, 0.25) is 21.9 Å². The van der Waals surface area contributed by atoms with Crippen LogP contribution in [0.5, 0.6) is 11.6 Å². The predicted octanol–water partition coefficient (Wildman–Crippen LogP) is 6.42. The third kappa shape index (κ3) is 9.53. The van der Waals surface area contributed by atoms with Crippen LogP contribution in [0.3, 0.4) is 0 Å². The lowest BCUT2D eigenvalue weighted by atomic mass is 10.0. The molecule has 0 aliphatic carbocycles. The summed E-state index contributed by atoms with van der Waals surface area (Å²) in [4.78, 5) is 27.4. The smallest absolute Gasteiger partial charge is 0.410 e. The van der Waals surface area contributed by atoms with E-state index in [2.05, 4.69) is 20.3 Å². The van der Waals surface area contributed by atoms with E-state index >= 15 is 0 Å². The van der Waals surface area contributed by atoms with E-state index in [4.69, 9.17) is 21.1 Å². The van der Waals surface area contributed by atoms with Crippen LogP contribution < -0.4 is 14.8 Å². The van der Waals surface area contributed by atoms with E-state index in [0.717, 1.165) is 6.07 Å². The van der Waals surface area contributed by atoms with Crippen LogP contribution in [0, 0.1) is 6.92 Å². The van der Waals surface area contributed by atoms with E-state index in [1.165, 1.54) is 34.6 Å². The largest absolute Gasteiger partial charge is 0.444 e. The highest BCUT2D eigenvalue weighted by molar-refractivity contribution is 7.92. The molecule has 18 heteroatoms. The van der Waals surface area contributed by atoms with Crippen molar-refractivity contribution in [2.75, 3.05) is 28.9 Å². The number of hydrogen-bond acceptors (Lipinski definition) is 10. The summed E-state index contributed by atoms with van der Waals surface area (Å²) in [6.07, 6.45) is -5.20. The maximum Gasteiger partial charge on any atom is 0.410 e. The minimum atomic E-state index is -4.92. The molecule has 0 unspecified atom stereocenters. The second-order valence-electron chi connectivity index (χ2n) is 10.9. The van der Waals surface area contributed by atoms with Crippen molar-refractivity contribution in [3.63, 3.8) is 0 Å². The summed E-state index contributed by atoms with van der Waals surface area (Å²) in [6, 6.07) is 4.71. The van der Waals surface area contributed by atoms with Crippen molar-refractivity contribution in [1.29, 1.82) is 0 Å². The van der Waals surface area contributed by atoms with Gasteiger partial charge in [0, 0.05) is 25.2 Å². The molecule has 1 saturated heterocycles. The van der Waals surface area contributed by atoms with Crippen LogP contribution in [-0.2, 0) is 14.8 Å². The number of sulfonamides is 1. The minimum absolute atomic E-state index is 0.0582. The highest BCUT2D eigenvalue weighted by Crippen LogP contribution is 2.40. The molecular formula is C26H29ClF4N6O5S2. The molecule has 2 N–H and O–H groups in total. The van der Waals surface area contributed by atoms with Crippen LogP contribution in [-0.4, -0.2) is 77.2 Å². The first-order valence-electron chi connectivity index (χ1n) is 13.1. The van der Waals surface area contributed by atoms with Gasteiger partial charge in [0.05, 0.1) is 28.0 Å². The Balaban J connectivity index is 1.49. The molecule has 2 aromatic heterocycles. The Morgan fingerprint density at radius 1 is 1.18 bits per heavy atom. The summed E-state index contributed by atoms with van der Waals surface area (Å²) in [7, 11) is -4.70. The molecule has 240 valence electrons. The number of halogens is 5. The molecule has 1 amide bonds. The van der Waals surface area contributed by atoms with Gasteiger partial charge < -0.3 is 19.7 Å². The number of anilines is 2. The van der Waals surface area contributed by atoms with Crippen molar-refractivity contribution in [3.05, 3.63) is 40.5 Å². The summed E-state index contributed by atoms with van der Waals surface area (Å²) in [5.41, 5.74) is -0.503. The van der Waals surface area contributed by atoms with E-state index in [1.807, 2.05) is 4.72 Å². The lowest BCUT2D eigenvalue weighted by molar-refractivity contribution is -0.106. The van der Waals surface area contributed by atoms with Crippen molar-refractivity contribution in [1.82, 2.24) is 19.9 Å². The number of rotatable bonds is 8. The Labute approximate surface area is 260 Å². The van der Waals surface area contributed by atoms with Crippen LogP contribution in [0.15, 0.2) is 30.5 Å². The zero-order valence-corrected chi connectivity index (χ0v) is 26.3. The number of hydrogen-bond donors (Lipinski definition) is 2. The van der Waals surface area contributed by atoms with Crippen molar-refractivity contribution >= 4 is 50.7 Å². The molecule has 0 bridgehead atoms. The van der Waals surface area contributed by atoms with Gasteiger partial charge in [-0.1, -0.05) is 11.6 Å². The molecule has 0 saturated carbocycles. The minimum Gasteiger partial charge on any atom is -0.444 e. The highest BCUT2D eigenvalue weighted by Gasteiger charge is 2.35. The lowest BCUT2D eigenvalue weighted by Gasteiger charge is -2.36. The average Bonchev–Trinajstić information content (AvgIpc) is 3.22. The van der Waals surface area contributed by atoms with Gasteiger partial charge in [-0.3, -0.25) is 4.72 Å². The number of thiazole rings is 1. The SMILES string of the molecule is Cc1nc(Oc2ccc(NS(=O)(=O)CC(F)(F)F)cc2Cl)c(-c2ccnc(N[C@H]3C[C@H](F)CN(C(=O)OC(C)(C)C)C3)n2)s1. The van der Waals surface area contributed by atoms with E-state index in [0.29, 0.717) is 15.6 Å². The van der Waals surface area contributed by atoms with Crippen LogP contribution in [0.1, 0.15) is 32.2 Å². The number of piperidine rings is 1. The van der Waals surface area contributed by atoms with Gasteiger partial charge >= 0.3 is 12.3 Å². The van der Waals surface area contributed by atoms with Crippen molar-refractivity contribution in [3.8, 4) is 22.2 Å². The number of ether oxygens (including phenoxy) is 2. The number of aromatic nitrogens is 3. The Morgan fingerprint density at radius 3 is 2.57 bits per heavy atom. The van der Waals surface area contributed by atoms with E-state index in [9.17, 15) is 30.8 Å². The van der Waals surface area contributed by atoms with Crippen molar-refractivity contribution < 1.29 is 40.2 Å². The third-order valence-corrected chi connectivity index (χ3v) is 8.27. The number of amides is 1. The first kappa shape index (κ1) is 33.5. The molecule has 1 aromatic carbocycles. The molecule has 0 radical (unpaired) electrons. The first-order chi connectivity index (χ1) is 20.4. The Morgan fingerprint density at radius 2 is 1.91 bits per heavy atom. The molecule has 3 aromatic rings. The van der Waals surface area contributed by atoms with Gasteiger partial charge in [0.25, 0.3) is 0 Å². The molecule has 44 heavy (non-hydrogen) atoms. The molecule has 0 spiro atoms. The van der Waals surface area contributed by atoms with Gasteiger partial charge in [-0.2, -0.15) is 13.2 Å². The summed E-state index contributed by atoms with van der Waals surface area (Å²) in [5.74, 6) is -1.70. The van der Waals surface area contributed by atoms with Gasteiger partial charge in [-0.25, -0.2) is 32.6 Å². The summed E-state index contributed by atoms with van der Waals surface area (Å²) < 4.78 is 88.9.